The van der Waals surface area contributed by atoms with Crippen molar-refractivity contribution in [1.82, 2.24) is 15.3 Å². The molecule has 22 heavy (non-hydrogen) atoms. The molecule has 1 heterocycles. The van der Waals surface area contributed by atoms with Gasteiger partial charge < -0.3 is 15.4 Å². The number of rotatable bonds is 6. The maximum Gasteiger partial charge on any atom is 0.270 e. The first kappa shape index (κ1) is 15.8. The molecule has 6 heteroatoms. The van der Waals surface area contributed by atoms with Gasteiger partial charge in [-0.05, 0) is 31.0 Å². The lowest BCUT2D eigenvalue weighted by atomic mass is 10.2. The minimum Gasteiger partial charge on any atom is -0.495 e. The summed E-state index contributed by atoms with van der Waals surface area (Å²) in [6, 6.07) is 7.42. The highest BCUT2D eigenvalue weighted by Crippen LogP contribution is 2.27. The molecule has 1 aromatic heterocycles. The maximum atomic E-state index is 11.9. The van der Waals surface area contributed by atoms with Crippen LogP contribution in [0.5, 0.6) is 5.75 Å². The van der Waals surface area contributed by atoms with E-state index in [-0.39, 0.29) is 5.91 Å². The number of methoxy groups -OCH3 is 1. The average molecular weight is 300 g/mol. The Morgan fingerprint density at radius 1 is 1.27 bits per heavy atom. The second-order valence-electron chi connectivity index (χ2n) is 4.87. The fraction of sp³-hybridized carbons (Fsp3) is 0.312. The number of nitrogens with one attached hydrogen (secondary N) is 2. The summed E-state index contributed by atoms with van der Waals surface area (Å²) in [6.07, 6.45) is 2.24. The highest BCUT2D eigenvalue weighted by molar-refractivity contribution is 5.93. The van der Waals surface area contributed by atoms with E-state index in [4.69, 9.17) is 4.74 Å². The largest absolute Gasteiger partial charge is 0.495 e. The van der Waals surface area contributed by atoms with Gasteiger partial charge in [0.05, 0.1) is 12.8 Å². The van der Waals surface area contributed by atoms with Crippen molar-refractivity contribution in [3.63, 3.8) is 0 Å². The lowest BCUT2D eigenvalue weighted by Crippen LogP contribution is -2.25. The molecular formula is C16H20N4O2. The van der Waals surface area contributed by atoms with Crippen LogP contribution in [0.15, 0.2) is 30.6 Å². The molecular weight excluding hydrogens is 280 g/mol. The van der Waals surface area contributed by atoms with Crippen molar-refractivity contribution in [3.8, 4) is 5.75 Å². The average Bonchev–Trinajstić information content (AvgIpc) is 2.53. The van der Waals surface area contributed by atoms with E-state index in [0.29, 0.717) is 23.8 Å². The standard InChI is InChI=1S/C16H20N4O2/c1-4-7-17-16(21)13-9-15(19-10-18-13)20-12-8-11(2)5-6-14(12)22-3/h5-6,8-10H,4,7H2,1-3H3,(H,17,21)(H,18,19,20). The van der Waals surface area contributed by atoms with Gasteiger partial charge in [-0.15, -0.1) is 0 Å². The van der Waals surface area contributed by atoms with E-state index in [2.05, 4.69) is 20.6 Å². The van der Waals surface area contributed by atoms with E-state index in [9.17, 15) is 4.79 Å². The van der Waals surface area contributed by atoms with Crippen LogP contribution in [-0.4, -0.2) is 29.5 Å². The molecule has 0 saturated heterocycles. The monoisotopic (exact) mass is 300 g/mol. The zero-order valence-corrected chi connectivity index (χ0v) is 13.0. The number of carbonyl (C=O) groups excluding carboxylic acids is 1. The van der Waals surface area contributed by atoms with Gasteiger partial charge in [0.15, 0.2) is 0 Å². The quantitative estimate of drug-likeness (QED) is 0.857. The second kappa shape index (κ2) is 7.40. The zero-order chi connectivity index (χ0) is 15.9. The molecule has 0 unspecified atom stereocenters. The molecule has 6 nitrogen and oxygen atoms in total. The summed E-state index contributed by atoms with van der Waals surface area (Å²) in [6.45, 7) is 4.61. The van der Waals surface area contributed by atoms with Crippen LogP contribution < -0.4 is 15.4 Å². The molecule has 0 radical (unpaired) electrons. The molecule has 0 atom stereocenters. The maximum absolute atomic E-state index is 11.9. The molecule has 1 amide bonds. The Labute approximate surface area is 129 Å². The predicted molar refractivity (Wildman–Crippen MR) is 85.7 cm³/mol. The predicted octanol–water partition coefficient (Wildman–Crippen LogP) is 2.68. The van der Waals surface area contributed by atoms with Gasteiger partial charge in [0, 0.05) is 12.6 Å². The summed E-state index contributed by atoms with van der Waals surface area (Å²) in [5.41, 5.74) is 2.22. The van der Waals surface area contributed by atoms with E-state index < -0.39 is 0 Å². The van der Waals surface area contributed by atoms with Crippen LogP contribution in [0.2, 0.25) is 0 Å². The molecule has 0 saturated carbocycles. The Morgan fingerprint density at radius 2 is 2.09 bits per heavy atom. The Kier molecular flexibility index (Phi) is 5.30. The van der Waals surface area contributed by atoms with Gasteiger partial charge >= 0.3 is 0 Å². The zero-order valence-electron chi connectivity index (χ0n) is 13.0. The van der Waals surface area contributed by atoms with Gasteiger partial charge in [0.2, 0.25) is 0 Å². The molecule has 0 spiro atoms. The van der Waals surface area contributed by atoms with Gasteiger partial charge in [-0.3, -0.25) is 4.79 Å². The molecule has 2 N–H and O–H groups in total. The lowest BCUT2D eigenvalue weighted by Gasteiger charge is -2.12. The third kappa shape index (κ3) is 3.94. The fourth-order valence-corrected chi connectivity index (χ4v) is 1.94. The number of anilines is 2. The number of amides is 1. The first-order valence-corrected chi connectivity index (χ1v) is 7.16. The minimum atomic E-state index is -0.205. The minimum absolute atomic E-state index is 0.205. The topological polar surface area (TPSA) is 76.1 Å². The van der Waals surface area contributed by atoms with E-state index in [1.165, 1.54) is 6.33 Å². The van der Waals surface area contributed by atoms with Gasteiger partial charge in [0.25, 0.3) is 5.91 Å². The number of benzene rings is 1. The normalized spacial score (nSPS) is 10.1. The van der Waals surface area contributed by atoms with Crippen molar-refractivity contribution in [2.24, 2.45) is 0 Å². The van der Waals surface area contributed by atoms with Crippen LogP contribution >= 0.6 is 0 Å². The summed E-state index contributed by atoms with van der Waals surface area (Å²) in [4.78, 5) is 20.1. The van der Waals surface area contributed by atoms with Crippen LogP contribution in [0.3, 0.4) is 0 Å². The number of carbonyl (C=O) groups is 1. The molecule has 0 bridgehead atoms. The molecule has 2 aromatic rings. The SMILES string of the molecule is CCCNC(=O)c1cc(Nc2cc(C)ccc2OC)ncn1. The van der Waals surface area contributed by atoms with Crippen LogP contribution in [0, 0.1) is 6.92 Å². The van der Waals surface area contributed by atoms with Crippen molar-refractivity contribution in [3.05, 3.63) is 41.9 Å². The van der Waals surface area contributed by atoms with Gasteiger partial charge in [0.1, 0.15) is 23.6 Å². The van der Waals surface area contributed by atoms with Crippen molar-refractivity contribution in [2.45, 2.75) is 20.3 Å². The van der Waals surface area contributed by atoms with Crippen LogP contribution in [-0.2, 0) is 0 Å². The van der Waals surface area contributed by atoms with Crippen molar-refractivity contribution >= 4 is 17.4 Å². The molecule has 0 aliphatic heterocycles. The lowest BCUT2D eigenvalue weighted by molar-refractivity contribution is 0.0948. The second-order valence-corrected chi connectivity index (χ2v) is 4.87. The number of hydrogen-bond donors (Lipinski definition) is 2. The molecule has 0 aliphatic rings. The van der Waals surface area contributed by atoms with Gasteiger partial charge in [-0.25, -0.2) is 9.97 Å². The summed E-state index contributed by atoms with van der Waals surface area (Å²) in [5.74, 6) is 1.05. The van der Waals surface area contributed by atoms with Crippen LogP contribution in [0.1, 0.15) is 29.4 Å². The summed E-state index contributed by atoms with van der Waals surface area (Å²) < 4.78 is 5.32. The summed E-state index contributed by atoms with van der Waals surface area (Å²) in [7, 11) is 1.61. The molecule has 1 aromatic carbocycles. The molecule has 0 aliphatic carbocycles. The Balaban J connectivity index is 2.20. The van der Waals surface area contributed by atoms with Crippen LogP contribution in [0.4, 0.5) is 11.5 Å². The highest BCUT2D eigenvalue weighted by Gasteiger charge is 2.09. The van der Waals surface area contributed by atoms with Crippen molar-refractivity contribution < 1.29 is 9.53 Å². The van der Waals surface area contributed by atoms with Crippen molar-refractivity contribution in [2.75, 3.05) is 19.0 Å². The van der Waals surface area contributed by atoms with E-state index >= 15 is 0 Å². The van der Waals surface area contributed by atoms with E-state index in [1.54, 1.807) is 13.2 Å². The summed E-state index contributed by atoms with van der Waals surface area (Å²) in [5, 5.41) is 5.95. The van der Waals surface area contributed by atoms with Crippen molar-refractivity contribution in [1.29, 1.82) is 0 Å². The molecule has 0 fully saturated rings. The third-order valence-corrected chi connectivity index (χ3v) is 3.05. The first-order chi connectivity index (χ1) is 10.6. The van der Waals surface area contributed by atoms with E-state index in [1.807, 2.05) is 32.0 Å². The third-order valence-electron chi connectivity index (χ3n) is 3.05. The Hall–Kier alpha value is -2.63. The fourth-order valence-electron chi connectivity index (χ4n) is 1.94. The Bertz CT molecular complexity index is 658. The van der Waals surface area contributed by atoms with E-state index in [0.717, 1.165) is 17.7 Å². The highest BCUT2D eigenvalue weighted by atomic mass is 16.5. The number of hydrogen-bond acceptors (Lipinski definition) is 5. The summed E-state index contributed by atoms with van der Waals surface area (Å²) >= 11 is 0. The first-order valence-electron chi connectivity index (χ1n) is 7.16. The van der Waals surface area contributed by atoms with Gasteiger partial charge in [-0.1, -0.05) is 13.0 Å². The number of nitrogens with zero attached hydrogens (tertiary/aromatic N) is 2. The van der Waals surface area contributed by atoms with Gasteiger partial charge in [-0.2, -0.15) is 0 Å². The van der Waals surface area contributed by atoms with Crippen LogP contribution in [0.25, 0.3) is 0 Å². The number of aromatic nitrogens is 2. The Morgan fingerprint density at radius 3 is 2.82 bits per heavy atom. The smallest absolute Gasteiger partial charge is 0.270 e. The number of ether oxygens (including phenoxy) is 1. The number of aryl methyl sites for hydroxylation is 1. The molecule has 116 valence electrons. The molecule has 2 rings (SSSR count).